The van der Waals surface area contributed by atoms with E-state index in [1.54, 1.807) is 11.8 Å². The first-order valence-corrected chi connectivity index (χ1v) is 5.39. The second kappa shape index (κ2) is 4.21. The minimum Gasteiger partial charge on any atom is -0.371 e. The molecule has 1 N–H and O–H groups in total. The summed E-state index contributed by atoms with van der Waals surface area (Å²) in [6.45, 7) is 0. The molecule has 1 atom stereocenters. The molecule has 1 aromatic carbocycles. The van der Waals surface area contributed by atoms with Gasteiger partial charge in [-0.25, -0.2) is 0 Å². The second-order valence-electron chi connectivity index (χ2n) is 3.03. The van der Waals surface area contributed by atoms with Crippen molar-refractivity contribution in [3.63, 3.8) is 0 Å². The van der Waals surface area contributed by atoms with Crippen LogP contribution >= 0.6 is 11.8 Å². The van der Waals surface area contributed by atoms with Gasteiger partial charge in [0, 0.05) is 5.70 Å². The number of nitrogens with zero attached hydrogens (tertiary/aromatic N) is 1. The number of nitriles is 1. The monoisotopic (exact) mass is 202 g/mol. The highest BCUT2D eigenvalue weighted by molar-refractivity contribution is 8.03. The highest BCUT2D eigenvalue weighted by Crippen LogP contribution is 2.28. The molecular formula is C11H10N2S. The Kier molecular flexibility index (Phi) is 2.76. The van der Waals surface area contributed by atoms with E-state index in [4.69, 9.17) is 5.26 Å². The fourth-order valence-corrected chi connectivity index (χ4v) is 2.21. The molecule has 0 bridgehead atoms. The van der Waals surface area contributed by atoms with E-state index in [1.807, 2.05) is 18.2 Å². The van der Waals surface area contributed by atoms with Crippen molar-refractivity contribution < 1.29 is 0 Å². The van der Waals surface area contributed by atoms with Crippen molar-refractivity contribution in [1.29, 1.82) is 5.26 Å². The van der Waals surface area contributed by atoms with Gasteiger partial charge in [0.15, 0.2) is 0 Å². The third-order valence-electron chi connectivity index (χ3n) is 2.03. The average molecular weight is 202 g/mol. The molecule has 0 fully saturated rings. The molecule has 0 saturated carbocycles. The van der Waals surface area contributed by atoms with Crippen molar-refractivity contribution in [2.75, 3.05) is 0 Å². The van der Waals surface area contributed by atoms with E-state index in [1.165, 1.54) is 5.56 Å². The van der Waals surface area contributed by atoms with Crippen molar-refractivity contribution in [1.82, 2.24) is 5.32 Å². The topological polar surface area (TPSA) is 35.8 Å². The maximum Gasteiger partial charge on any atom is 0.0894 e. The van der Waals surface area contributed by atoms with Crippen LogP contribution in [0.15, 0.2) is 35.7 Å². The summed E-state index contributed by atoms with van der Waals surface area (Å²) >= 11 is 1.67. The van der Waals surface area contributed by atoms with E-state index in [0.29, 0.717) is 6.42 Å². The van der Waals surface area contributed by atoms with E-state index in [-0.39, 0.29) is 5.37 Å². The Morgan fingerprint density at radius 3 is 2.86 bits per heavy atom. The lowest BCUT2D eigenvalue weighted by atomic mass is 10.2. The lowest BCUT2D eigenvalue weighted by molar-refractivity contribution is 0.827. The molecule has 1 aromatic rings. The summed E-state index contributed by atoms with van der Waals surface area (Å²) in [5, 5.41) is 14.2. The molecule has 70 valence electrons. The van der Waals surface area contributed by atoms with Crippen LogP contribution in [-0.2, 0) is 0 Å². The van der Waals surface area contributed by atoms with Crippen LogP contribution in [0, 0.1) is 11.3 Å². The number of thioether (sulfide) groups is 1. The van der Waals surface area contributed by atoms with Gasteiger partial charge >= 0.3 is 0 Å². The maximum absolute atomic E-state index is 8.56. The van der Waals surface area contributed by atoms with Crippen LogP contribution in [-0.4, -0.2) is 5.37 Å². The zero-order valence-corrected chi connectivity index (χ0v) is 8.42. The van der Waals surface area contributed by atoms with Crippen LogP contribution in [0.25, 0.3) is 5.70 Å². The minimum atomic E-state index is 0.218. The molecule has 0 aliphatic carbocycles. The van der Waals surface area contributed by atoms with E-state index >= 15 is 0 Å². The van der Waals surface area contributed by atoms with Gasteiger partial charge < -0.3 is 5.32 Å². The predicted octanol–water partition coefficient (Wildman–Crippen LogP) is 2.56. The molecule has 0 saturated heterocycles. The Labute approximate surface area is 87.6 Å². The number of benzene rings is 1. The molecule has 1 heterocycles. The molecule has 14 heavy (non-hydrogen) atoms. The lowest BCUT2D eigenvalue weighted by Gasteiger charge is -2.08. The molecule has 2 nitrogen and oxygen atoms in total. The van der Waals surface area contributed by atoms with Crippen LogP contribution in [0.1, 0.15) is 12.0 Å². The number of hydrogen-bond donors (Lipinski definition) is 1. The molecule has 0 amide bonds. The quantitative estimate of drug-likeness (QED) is 0.800. The number of hydrogen-bond acceptors (Lipinski definition) is 3. The number of nitrogens with one attached hydrogen (secondary N) is 1. The van der Waals surface area contributed by atoms with Crippen molar-refractivity contribution in [2.24, 2.45) is 0 Å². The smallest absolute Gasteiger partial charge is 0.0894 e. The van der Waals surface area contributed by atoms with Crippen LogP contribution in [0.3, 0.4) is 0 Å². The van der Waals surface area contributed by atoms with Crippen molar-refractivity contribution in [2.45, 2.75) is 11.8 Å². The Balaban J connectivity index is 2.06. The van der Waals surface area contributed by atoms with Gasteiger partial charge in [-0.15, -0.1) is 11.8 Å². The highest BCUT2D eigenvalue weighted by atomic mass is 32.2. The molecule has 0 aromatic heterocycles. The number of rotatable bonds is 2. The molecule has 1 aliphatic heterocycles. The van der Waals surface area contributed by atoms with Gasteiger partial charge in [-0.05, 0) is 11.0 Å². The van der Waals surface area contributed by atoms with Gasteiger partial charge in [0.25, 0.3) is 0 Å². The van der Waals surface area contributed by atoms with Crippen LogP contribution < -0.4 is 5.32 Å². The third-order valence-corrected chi connectivity index (χ3v) is 3.01. The van der Waals surface area contributed by atoms with Gasteiger partial charge in [-0.3, -0.25) is 0 Å². The van der Waals surface area contributed by atoms with Crippen LogP contribution in [0.4, 0.5) is 0 Å². The van der Waals surface area contributed by atoms with Crippen LogP contribution in [0.5, 0.6) is 0 Å². The van der Waals surface area contributed by atoms with E-state index in [0.717, 1.165) is 5.70 Å². The van der Waals surface area contributed by atoms with Crippen molar-refractivity contribution >= 4 is 17.5 Å². The summed E-state index contributed by atoms with van der Waals surface area (Å²) in [5.41, 5.74) is 2.30. The third kappa shape index (κ3) is 1.91. The first-order valence-electron chi connectivity index (χ1n) is 4.44. The lowest BCUT2D eigenvalue weighted by Crippen LogP contribution is -2.18. The molecule has 3 heteroatoms. The van der Waals surface area contributed by atoms with E-state index in [9.17, 15) is 0 Å². The Hall–Kier alpha value is -1.40. The maximum atomic E-state index is 8.56. The fourth-order valence-electron chi connectivity index (χ4n) is 1.34. The largest absolute Gasteiger partial charge is 0.371 e. The summed E-state index contributed by atoms with van der Waals surface area (Å²) in [5.74, 6) is 0. The van der Waals surface area contributed by atoms with Crippen LogP contribution in [0.2, 0.25) is 0 Å². The zero-order chi connectivity index (χ0) is 9.80. The summed E-state index contributed by atoms with van der Waals surface area (Å²) in [6, 6.07) is 12.3. The van der Waals surface area contributed by atoms with E-state index in [2.05, 4.69) is 28.9 Å². The molecule has 0 spiro atoms. The first-order chi connectivity index (χ1) is 6.90. The van der Waals surface area contributed by atoms with Crippen molar-refractivity contribution in [3.8, 4) is 6.07 Å². The Morgan fingerprint density at radius 1 is 1.36 bits per heavy atom. The summed E-state index contributed by atoms with van der Waals surface area (Å²) in [6.07, 6.45) is 0.539. The Morgan fingerprint density at radius 2 is 2.14 bits per heavy atom. The summed E-state index contributed by atoms with van der Waals surface area (Å²) in [7, 11) is 0. The SMILES string of the molecule is N#CCC1NC(c2ccccc2)=CS1. The molecular weight excluding hydrogens is 192 g/mol. The second-order valence-corrected chi connectivity index (χ2v) is 4.11. The molecule has 1 unspecified atom stereocenters. The average Bonchev–Trinajstić information content (AvgIpc) is 2.68. The standard InChI is InChI=1S/C11H10N2S/c12-7-6-11-13-10(8-14-11)9-4-2-1-3-5-9/h1-5,8,11,13H,6H2. The normalized spacial score (nSPS) is 19.6. The summed E-state index contributed by atoms with van der Waals surface area (Å²) < 4.78 is 0. The van der Waals surface area contributed by atoms with Gasteiger partial charge in [-0.2, -0.15) is 5.26 Å². The predicted molar refractivity (Wildman–Crippen MR) is 59.2 cm³/mol. The van der Waals surface area contributed by atoms with Gasteiger partial charge in [0.2, 0.25) is 0 Å². The summed E-state index contributed by atoms with van der Waals surface area (Å²) in [4.78, 5) is 0. The van der Waals surface area contributed by atoms with Gasteiger partial charge in [0.05, 0.1) is 17.9 Å². The molecule has 2 rings (SSSR count). The minimum absolute atomic E-state index is 0.218. The fraction of sp³-hybridized carbons (Fsp3) is 0.182. The van der Waals surface area contributed by atoms with Gasteiger partial charge in [-0.1, -0.05) is 30.3 Å². The zero-order valence-electron chi connectivity index (χ0n) is 7.60. The molecule has 0 radical (unpaired) electrons. The van der Waals surface area contributed by atoms with Gasteiger partial charge in [0.1, 0.15) is 0 Å². The highest BCUT2D eigenvalue weighted by Gasteiger charge is 2.16. The first kappa shape index (κ1) is 9.17. The molecule has 1 aliphatic rings. The van der Waals surface area contributed by atoms with E-state index < -0.39 is 0 Å². The van der Waals surface area contributed by atoms with Crippen molar-refractivity contribution in [3.05, 3.63) is 41.3 Å². The Bertz CT molecular complexity index is 378.